The maximum absolute atomic E-state index is 12.7. The van der Waals surface area contributed by atoms with Gasteiger partial charge in [0.15, 0.2) is 5.13 Å². The van der Waals surface area contributed by atoms with E-state index in [9.17, 15) is 4.79 Å². The molecule has 9 heteroatoms. The third kappa shape index (κ3) is 4.99. The normalized spacial score (nSPS) is 16.8. The lowest BCUT2D eigenvalue weighted by Gasteiger charge is -2.32. The number of carbonyl (C=O) groups is 1. The molecule has 0 aromatic carbocycles. The second-order valence-corrected chi connectivity index (χ2v) is 9.05. The predicted molar refractivity (Wildman–Crippen MR) is 122 cm³/mol. The molecule has 1 atom stereocenters. The molecule has 1 N–H and O–H groups in total. The van der Waals surface area contributed by atoms with Crippen molar-refractivity contribution in [2.45, 2.75) is 39.5 Å². The van der Waals surface area contributed by atoms with Crippen LogP contribution < -0.4 is 5.32 Å². The maximum atomic E-state index is 12.7. The van der Waals surface area contributed by atoms with Crippen molar-refractivity contribution in [3.63, 3.8) is 0 Å². The van der Waals surface area contributed by atoms with E-state index in [4.69, 9.17) is 0 Å². The maximum Gasteiger partial charge on any atom is 0.246 e. The highest BCUT2D eigenvalue weighted by Crippen LogP contribution is 2.29. The lowest BCUT2D eigenvalue weighted by Crippen LogP contribution is -2.38. The van der Waals surface area contributed by atoms with E-state index in [1.807, 2.05) is 44.0 Å². The number of likely N-dealkylation sites (tertiary alicyclic amines) is 1. The molecule has 1 aliphatic rings. The average molecular weight is 438 g/mol. The SMILES string of the molecule is Cc1nc(Nc2nc(C)c(C)s2)cc([C@@H]2CCCN(C(=O)/C=C/c3ccnn3C)C2)n1. The highest BCUT2D eigenvalue weighted by Gasteiger charge is 2.25. The van der Waals surface area contributed by atoms with Crippen LogP contribution in [0.4, 0.5) is 10.9 Å². The van der Waals surface area contributed by atoms with Gasteiger partial charge in [-0.1, -0.05) is 0 Å². The molecule has 3 aromatic heterocycles. The van der Waals surface area contributed by atoms with Crippen LogP contribution >= 0.6 is 11.3 Å². The molecule has 4 heterocycles. The van der Waals surface area contributed by atoms with E-state index in [1.165, 1.54) is 4.88 Å². The number of nitrogens with one attached hydrogen (secondary N) is 1. The van der Waals surface area contributed by atoms with Crippen LogP contribution in [0.25, 0.3) is 6.08 Å². The minimum atomic E-state index is 0.0174. The number of aryl methyl sites for hydroxylation is 4. The summed E-state index contributed by atoms with van der Waals surface area (Å²) in [6.07, 6.45) is 7.12. The molecule has 1 fully saturated rings. The Morgan fingerprint density at radius 1 is 1.26 bits per heavy atom. The fourth-order valence-electron chi connectivity index (χ4n) is 3.73. The quantitative estimate of drug-likeness (QED) is 0.612. The van der Waals surface area contributed by atoms with Crippen LogP contribution in [0.3, 0.4) is 0 Å². The summed E-state index contributed by atoms with van der Waals surface area (Å²) in [5, 5.41) is 8.28. The van der Waals surface area contributed by atoms with E-state index in [1.54, 1.807) is 28.3 Å². The van der Waals surface area contributed by atoms with Crippen LogP contribution in [-0.2, 0) is 11.8 Å². The van der Waals surface area contributed by atoms with Gasteiger partial charge in [-0.2, -0.15) is 5.10 Å². The number of aromatic nitrogens is 5. The Morgan fingerprint density at radius 2 is 2.10 bits per heavy atom. The van der Waals surface area contributed by atoms with Crippen LogP contribution in [0, 0.1) is 20.8 Å². The number of carbonyl (C=O) groups excluding carboxylic acids is 1. The zero-order valence-electron chi connectivity index (χ0n) is 18.3. The molecule has 0 bridgehead atoms. The Morgan fingerprint density at radius 3 is 2.81 bits per heavy atom. The Labute approximate surface area is 186 Å². The van der Waals surface area contributed by atoms with Gasteiger partial charge in [-0.3, -0.25) is 9.48 Å². The summed E-state index contributed by atoms with van der Waals surface area (Å²) in [5.74, 6) is 1.66. The molecule has 1 amide bonds. The molecule has 162 valence electrons. The number of thiazole rings is 1. The molecule has 3 aromatic rings. The molecule has 0 aliphatic carbocycles. The summed E-state index contributed by atoms with van der Waals surface area (Å²) in [4.78, 5) is 29.6. The number of hydrogen-bond donors (Lipinski definition) is 1. The van der Waals surface area contributed by atoms with Crippen LogP contribution in [0.15, 0.2) is 24.4 Å². The number of anilines is 2. The first kappa shape index (κ1) is 21.2. The molecular formula is C22H27N7OS. The van der Waals surface area contributed by atoms with Gasteiger partial charge in [0, 0.05) is 49.3 Å². The van der Waals surface area contributed by atoms with Gasteiger partial charge >= 0.3 is 0 Å². The lowest BCUT2D eigenvalue weighted by molar-refractivity contribution is -0.127. The van der Waals surface area contributed by atoms with Crippen molar-refractivity contribution in [3.05, 3.63) is 52.2 Å². The summed E-state index contributed by atoms with van der Waals surface area (Å²) in [7, 11) is 1.86. The van der Waals surface area contributed by atoms with Gasteiger partial charge in [0.05, 0.1) is 17.1 Å². The van der Waals surface area contributed by atoms with Crippen LogP contribution in [-0.4, -0.2) is 48.6 Å². The Hall–Kier alpha value is -3.07. The minimum Gasteiger partial charge on any atom is -0.338 e. The van der Waals surface area contributed by atoms with Crippen molar-refractivity contribution in [2.75, 3.05) is 18.4 Å². The van der Waals surface area contributed by atoms with Crippen molar-refractivity contribution in [3.8, 4) is 0 Å². The van der Waals surface area contributed by atoms with Crippen molar-refractivity contribution in [1.29, 1.82) is 0 Å². The molecular weight excluding hydrogens is 410 g/mol. The number of hydrogen-bond acceptors (Lipinski definition) is 7. The topological polar surface area (TPSA) is 88.8 Å². The minimum absolute atomic E-state index is 0.0174. The molecule has 0 radical (unpaired) electrons. The highest BCUT2D eigenvalue weighted by atomic mass is 32.1. The molecule has 0 unspecified atom stereocenters. The van der Waals surface area contributed by atoms with E-state index in [-0.39, 0.29) is 11.8 Å². The first-order valence-corrected chi connectivity index (χ1v) is 11.2. The molecule has 1 aliphatic heterocycles. The number of piperidine rings is 1. The number of rotatable bonds is 5. The van der Waals surface area contributed by atoms with Gasteiger partial charge in [-0.15, -0.1) is 11.3 Å². The van der Waals surface area contributed by atoms with Crippen molar-refractivity contribution < 1.29 is 4.79 Å². The first-order chi connectivity index (χ1) is 14.9. The van der Waals surface area contributed by atoms with Gasteiger partial charge in [-0.05, 0) is 45.8 Å². The van der Waals surface area contributed by atoms with Crippen LogP contribution in [0.1, 0.15) is 46.5 Å². The summed E-state index contributed by atoms with van der Waals surface area (Å²) >= 11 is 1.62. The second-order valence-electron chi connectivity index (χ2n) is 7.85. The standard InChI is InChI=1S/C22H27N7OS/c1-14-15(2)31-22(24-14)27-20-12-19(25-16(3)26-20)17-6-5-11-29(13-17)21(30)8-7-18-9-10-23-28(18)4/h7-10,12,17H,5-6,11,13H2,1-4H3,(H,24,25,26,27)/b8-7+/t17-/m1/s1. The van der Waals surface area contributed by atoms with E-state index in [0.29, 0.717) is 12.4 Å². The summed E-state index contributed by atoms with van der Waals surface area (Å²) in [6, 6.07) is 3.87. The third-order valence-corrected chi connectivity index (χ3v) is 6.52. The van der Waals surface area contributed by atoms with Crippen molar-refractivity contribution in [2.24, 2.45) is 7.05 Å². The smallest absolute Gasteiger partial charge is 0.246 e. The molecule has 0 spiro atoms. The summed E-state index contributed by atoms with van der Waals surface area (Å²) in [5.41, 5.74) is 2.89. The molecule has 0 saturated carbocycles. The number of amides is 1. The zero-order valence-corrected chi connectivity index (χ0v) is 19.1. The average Bonchev–Trinajstić information content (AvgIpc) is 3.29. The van der Waals surface area contributed by atoms with Gasteiger partial charge in [0.1, 0.15) is 11.6 Å². The summed E-state index contributed by atoms with van der Waals surface area (Å²) in [6.45, 7) is 7.38. The monoisotopic (exact) mass is 437 g/mol. The van der Waals surface area contributed by atoms with Crippen molar-refractivity contribution in [1.82, 2.24) is 29.6 Å². The molecule has 31 heavy (non-hydrogen) atoms. The van der Waals surface area contributed by atoms with E-state index < -0.39 is 0 Å². The largest absolute Gasteiger partial charge is 0.338 e. The fraction of sp³-hybridized carbons (Fsp3) is 0.409. The zero-order chi connectivity index (χ0) is 22.0. The predicted octanol–water partition coefficient (Wildman–Crippen LogP) is 3.75. The Kier molecular flexibility index (Phi) is 6.13. The summed E-state index contributed by atoms with van der Waals surface area (Å²) < 4.78 is 1.74. The second kappa shape index (κ2) is 8.97. The van der Waals surface area contributed by atoms with E-state index >= 15 is 0 Å². The van der Waals surface area contributed by atoms with Crippen LogP contribution in [0.5, 0.6) is 0 Å². The van der Waals surface area contributed by atoms with E-state index in [0.717, 1.165) is 47.4 Å². The fourth-order valence-corrected chi connectivity index (χ4v) is 4.55. The lowest BCUT2D eigenvalue weighted by atomic mass is 9.94. The molecule has 4 rings (SSSR count). The van der Waals surface area contributed by atoms with E-state index in [2.05, 4.69) is 32.3 Å². The van der Waals surface area contributed by atoms with Gasteiger partial charge < -0.3 is 10.2 Å². The van der Waals surface area contributed by atoms with Crippen molar-refractivity contribution >= 4 is 34.3 Å². The molecule has 8 nitrogen and oxygen atoms in total. The van der Waals surface area contributed by atoms with Crippen LogP contribution in [0.2, 0.25) is 0 Å². The molecule has 1 saturated heterocycles. The highest BCUT2D eigenvalue weighted by molar-refractivity contribution is 7.15. The van der Waals surface area contributed by atoms with Gasteiger partial charge in [0.2, 0.25) is 5.91 Å². The Balaban J connectivity index is 1.47. The first-order valence-electron chi connectivity index (χ1n) is 10.4. The number of nitrogens with zero attached hydrogens (tertiary/aromatic N) is 6. The van der Waals surface area contributed by atoms with Gasteiger partial charge in [0.25, 0.3) is 0 Å². The van der Waals surface area contributed by atoms with Gasteiger partial charge in [-0.25, -0.2) is 15.0 Å². The third-order valence-electron chi connectivity index (χ3n) is 5.53. The Bertz CT molecular complexity index is 1100.